The summed E-state index contributed by atoms with van der Waals surface area (Å²) in [7, 11) is 0. The van der Waals surface area contributed by atoms with Gasteiger partial charge in [-0.15, -0.1) is 11.3 Å². The van der Waals surface area contributed by atoms with Gasteiger partial charge in [0, 0.05) is 17.6 Å². The molecular weight excluding hydrogens is 204 g/mol. The van der Waals surface area contributed by atoms with E-state index in [1.165, 1.54) is 30.7 Å². The van der Waals surface area contributed by atoms with Crippen LogP contribution in [-0.4, -0.2) is 11.0 Å². The van der Waals surface area contributed by atoms with Crippen molar-refractivity contribution in [1.82, 2.24) is 10.3 Å². The third-order valence-electron chi connectivity index (χ3n) is 4.14. The second-order valence-electron chi connectivity index (χ2n) is 5.44. The van der Waals surface area contributed by atoms with Crippen LogP contribution in [0.15, 0.2) is 11.6 Å². The molecule has 0 radical (unpaired) electrons. The van der Waals surface area contributed by atoms with Crippen LogP contribution in [0, 0.1) is 5.41 Å². The van der Waals surface area contributed by atoms with Gasteiger partial charge in [-0.3, -0.25) is 0 Å². The van der Waals surface area contributed by atoms with Gasteiger partial charge in [-0.25, -0.2) is 4.98 Å². The van der Waals surface area contributed by atoms with Crippen molar-refractivity contribution in [2.75, 3.05) is 0 Å². The van der Waals surface area contributed by atoms with Crippen LogP contribution in [-0.2, 0) is 5.54 Å². The van der Waals surface area contributed by atoms with Gasteiger partial charge in [-0.05, 0) is 38.0 Å². The van der Waals surface area contributed by atoms with Crippen LogP contribution in [0.5, 0.6) is 0 Å². The van der Waals surface area contributed by atoms with Gasteiger partial charge in [0.1, 0.15) is 5.01 Å². The van der Waals surface area contributed by atoms with E-state index in [9.17, 15) is 0 Å². The maximum atomic E-state index is 4.53. The lowest BCUT2D eigenvalue weighted by Gasteiger charge is -2.35. The summed E-state index contributed by atoms with van der Waals surface area (Å²) in [5.41, 5.74) is 0.551. The van der Waals surface area contributed by atoms with Crippen LogP contribution < -0.4 is 5.32 Å². The Labute approximate surface area is 95.1 Å². The third-order valence-corrected chi connectivity index (χ3v) is 5.13. The molecule has 3 rings (SSSR count). The summed E-state index contributed by atoms with van der Waals surface area (Å²) in [6.45, 7) is 4.74. The highest BCUT2D eigenvalue weighted by Crippen LogP contribution is 2.58. The van der Waals surface area contributed by atoms with Crippen LogP contribution in [0.1, 0.15) is 44.5 Å². The number of nitrogens with zero attached hydrogens (tertiary/aromatic N) is 1. The van der Waals surface area contributed by atoms with Gasteiger partial charge in [-0.2, -0.15) is 0 Å². The van der Waals surface area contributed by atoms with E-state index < -0.39 is 0 Å². The first-order valence-electron chi connectivity index (χ1n) is 5.82. The lowest BCUT2D eigenvalue weighted by atomic mass is 9.84. The monoisotopic (exact) mass is 222 g/mol. The number of nitrogens with one attached hydrogen (secondary N) is 1. The predicted octanol–water partition coefficient (Wildman–Crippen LogP) is 2.91. The maximum Gasteiger partial charge on any atom is 0.113 e. The lowest BCUT2D eigenvalue weighted by Crippen LogP contribution is -2.47. The predicted molar refractivity (Wildman–Crippen MR) is 63.0 cm³/mol. The highest BCUT2D eigenvalue weighted by atomic mass is 32.1. The maximum absolute atomic E-state index is 4.53. The summed E-state index contributed by atoms with van der Waals surface area (Å²) < 4.78 is 0. The molecule has 0 amide bonds. The van der Waals surface area contributed by atoms with Gasteiger partial charge >= 0.3 is 0 Å². The van der Waals surface area contributed by atoms with Crippen LogP contribution in [0.2, 0.25) is 0 Å². The van der Waals surface area contributed by atoms with Crippen molar-refractivity contribution in [2.45, 2.75) is 51.1 Å². The standard InChI is InChI=1S/C12H18N2S/c1-11(5-6-11)12(2,14-9-3-4-9)10-13-7-8-15-10/h7-9,14H,3-6H2,1-2H3. The van der Waals surface area contributed by atoms with Crippen LogP contribution in [0.25, 0.3) is 0 Å². The molecule has 2 fully saturated rings. The van der Waals surface area contributed by atoms with E-state index in [0.717, 1.165) is 6.04 Å². The SMILES string of the molecule is CC1(C(C)(NC2CC2)c2nccs2)CC1. The molecule has 15 heavy (non-hydrogen) atoms. The van der Waals surface area contributed by atoms with Crippen molar-refractivity contribution >= 4 is 11.3 Å². The van der Waals surface area contributed by atoms with Crippen molar-refractivity contribution in [3.63, 3.8) is 0 Å². The molecule has 1 atom stereocenters. The fourth-order valence-corrected chi connectivity index (χ4v) is 3.20. The molecule has 0 aliphatic heterocycles. The smallest absolute Gasteiger partial charge is 0.113 e. The van der Waals surface area contributed by atoms with E-state index in [4.69, 9.17) is 0 Å². The lowest BCUT2D eigenvalue weighted by molar-refractivity contribution is 0.222. The molecule has 2 nitrogen and oxygen atoms in total. The molecular formula is C12H18N2S. The molecule has 82 valence electrons. The van der Waals surface area contributed by atoms with E-state index in [0.29, 0.717) is 5.41 Å². The molecule has 2 saturated carbocycles. The normalized spacial score (nSPS) is 27.3. The molecule has 2 aliphatic carbocycles. The molecule has 3 heteroatoms. The molecule has 0 bridgehead atoms. The van der Waals surface area contributed by atoms with E-state index in [-0.39, 0.29) is 5.54 Å². The molecule has 1 aromatic rings. The van der Waals surface area contributed by atoms with Gasteiger partial charge in [0.05, 0.1) is 5.54 Å². The van der Waals surface area contributed by atoms with E-state index in [1.807, 2.05) is 6.20 Å². The third kappa shape index (κ3) is 1.53. The van der Waals surface area contributed by atoms with Crippen molar-refractivity contribution < 1.29 is 0 Å². The van der Waals surface area contributed by atoms with Crippen LogP contribution in [0.3, 0.4) is 0 Å². The Bertz CT molecular complexity index is 352. The quantitative estimate of drug-likeness (QED) is 0.847. The zero-order valence-corrected chi connectivity index (χ0v) is 10.2. The number of rotatable bonds is 4. The largest absolute Gasteiger partial charge is 0.302 e. The number of hydrogen-bond acceptors (Lipinski definition) is 3. The molecule has 2 aliphatic rings. The minimum Gasteiger partial charge on any atom is -0.302 e. The van der Waals surface area contributed by atoms with Gasteiger partial charge < -0.3 is 5.32 Å². The fraction of sp³-hybridized carbons (Fsp3) is 0.750. The summed E-state index contributed by atoms with van der Waals surface area (Å²) in [5, 5.41) is 7.18. The van der Waals surface area contributed by atoms with Gasteiger partial charge in [0.15, 0.2) is 0 Å². The second kappa shape index (κ2) is 3.05. The second-order valence-corrected chi connectivity index (χ2v) is 6.34. The number of thiazole rings is 1. The highest BCUT2D eigenvalue weighted by molar-refractivity contribution is 7.09. The molecule has 1 aromatic heterocycles. The summed E-state index contributed by atoms with van der Waals surface area (Å²) in [6, 6.07) is 0.747. The Balaban J connectivity index is 1.92. The summed E-state index contributed by atoms with van der Waals surface area (Å²) in [5.74, 6) is 0. The Morgan fingerprint density at radius 1 is 1.53 bits per heavy atom. The van der Waals surface area contributed by atoms with Crippen molar-refractivity contribution in [1.29, 1.82) is 0 Å². The van der Waals surface area contributed by atoms with Crippen LogP contribution >= 0.6 is 11.3 Å². The Morgan fingerprint density at radius 3 is 2.73 bits per heavy atom. The van der Waals surface area contributed by atoms with Crippen molar-refractivity contribution in [2.24, 2.45) is 5.41 Å². The van der Waals surface area contributed by atoms with Gasteiger partial charge in [0.2, 0.25) is 0 Å². The first-order valence-corrected chi connectivity index (χ1v) is 6.70. The van der Waals surface area contributed by atoms with Gasteiger partial charge in [-0.1, -0.05) is 6.92 Å². The molecule has 1 unspecified atom stereocenters. The summed E-state index contributed by atoms with van der Waals surface area (Å²) >= 11 is 1.79. The molecule has 0 spiro atoms. The Morgan fingerprint density at radius 2 is 2.27 bits per heavy atom. The summed E-state index contributed by atoms with van der Waals surface area (Å²) in [6.07, 6.45) is 7.29. The minimum absolute atomic E-state index is 0.113. The van der Waals surface area contributed by atoms with E-state index in [2.05, 4.69) is 29.5 Å². The highest BCUT2D eigenvalue weighted by Gasteiger charge is 2.56. The Kier molecular flexibility index (Phi) is 1.99. The molecule has 1 N–H and O–H groups in total. The number of aromatic nitrogens is 1. The topological polar surface area (TPSA) is 24.9 Å². The van der Waals surface area contributed by atoms with E-state index >= 15 is 0 Å². The first kappa shape index (κ1) is 9.79. The van der Waals surface area contributed by atoms with Crippen LogP contribution in [0.4, 0.5) is 0 Å². The average Bonchev–Trinajstić information content (AvgIpc) is 3.10. The molecule has 0 aromatic carbocycles. The molecule has 0 saturated heterocycles. The first-order chi connectivity index (χ1) is 7.14. The fourth-order valence-electron chi connectivity index (χ4n) is 2.29. The van der Waals surface area contributed by atoms with Crippen molar-refractivity contribution in [3.8, 4) is 0 Å². The average molecular weight is 222 g/mol. The summed E-state index contributed by atoms with van der Waals surface area (Å²) in [4.78, 5) is 4.53. The minimum atomic E-state index is 0.113. The Hall–Kier alpha value is -0.410. The molecule has 1 heterocycles. The van der Waals surface area contributed by atoms with Crippen molar-refractivity contribution in [3.05, 3.63) is 16.6 Å². The zero-order chi connectivity index (χ0) is 10.5. The van der Waals surface area contributed by atoms with E-state index in [1.54, 1.807) is 11.3 Å². The zero-order valence-electron chi connectivity index (χ0n) is 9.42. The van der Waals surface area contributed by atoms with Gasteiger partial charge in [0.25, 0.3) is 0 Å². The number of hydrogen-bond donors (Lipinski definition) is 1.